The second kappa shape index (κ2) is 4.55. The first-order valence-corrected chi connectivity index (χ1v) is 7.27. The minimum Gasteiger partial charge on any atom is -0.398 e. The van der Waals surface area contributed by atoms with E-state index in [1.54, 1.807) is 11.8 Å². The second-order valence-corrected chi connectivity index (χ2v) is 6.24. The number of aromatic nitrogens is 4. The van der Waals surface area contributed by atoms with Gasteiger partial charge in [-0.05, 0) is 75.6 Å². The van der Waals surface area contributed by atoms with E-state index in [0.29, 0.717) is 6.04 Å². The van der Waals surface area contributed by atoms with Gasteiger partial charge in [0, 0.05) is 15.1 Å². The number of nitrogen functional groups attached to an aromatic ring is 1. The molecule has 0 unspecified atom stereocenters. The number of benzene rings is 1. The van der Waals surface area contributed by atoms with Crippen molar-refractivity contribution in [1.82, 2.24) is 20.2 Å². The summed E-state index contributed by atoms with van der Waals surface area (Å²) in [4.78, 5) is 1.08. The monoisotopic (exact) mass is 325 g/mol. The van der Waals surface area contributed by atoms with E-state index in [2.05, 4.69) is 37.5 Å². The van der Waals surface area contributed by atoms with Gasteiger partial charge >= 0.3 is 0 Å². The van der Waals surface area contributed by atoms with E-state index in [-0.39, 0.29) is 0 Å². The van der Waals surface area contributed by atoms with E-state index in [1.807, 2.05) is 17.7 Å². The lowest BCUT2D eigenvalue weighted by atomic mass is 10.2. The molecule has 1 fully saturated rings. The highest BCUT2D eigenvalue weighted by molar-refractivity contribution is 9.10. The highest BCUT2D eigenvalue weighted by Crippen LogP contribution is 2.40. The fraction of sp³-hybridized carbons (Fsp3) is 0.364. The maximum absolute atomic E-state index is 5.87. The van der Waals surface area contributed by atoms with Crippen LogP contribution in [0.3, 0.4) is 0 Å². The number of hydrogen-bond acceptors (Lipinski definition) is 5. The largest absolute Gasteiger partial charge is 0.398 e. The zero-order valence-corrected chi connectivity index (χ0v) is 12.2. The molecule has 0 amide bonds. The highest BCUT2D eigenvalue weighted by atomic mass is 79.9. The lowest BCUT2D eigenvalue weighted by Crippen LogP contribution is -1.98. The zero-order valence-electron chi connectivity index (χ0n) is 9.80. The summed E-state index contributed by atoms with van der Waals surface area (Å²) in [5, 5.41) is 12.7. The molecule has 0 saturated heterocycles. The molecule has 1 heterocycles. The molecule has 0 bridgehead atoms. The molecule has 1 aromatic carbocycles. The van der Waals surface area contributed by atoms with Crippen LogP contribution in [-0.4, -0.2) is 20.2 Å². The van der Waals surface area contributed by atoms with Crippen LogP contribution in [0.5, 0.6) is 0 Å². The van der Waals surface area contributed by atoms with Crippen molar-refractivity contribution >= 4 is 33.4 Å². The normalized spacial score (nSPS) is 15.0. The number of tetrazole rings is 1. The Morgan fingerprint density at radius 2 is 2.22 bits per heavy atom. The molecule has 2 aromatic rings. The van der Waals surface area contributed by atoms with Crippen LogP contribution >= 0.6 is 27.7 Å². The molecule has 5 nitrogen and oxygen atoms in total. The molecule has 0 atom stereocenters. The van der Waals surface area contributed by atoms with Crippen molar-refractivity contribution < 1.29 is 0 Å². The number of rotatable bonds is 3. The van der Waals surface area contributed by atoms with E-state index in [4.69, 9.17) is 5.73 Å². The molecule has 2 N–H and O–H groups in total. The Labute approximate surface area is 117 Å². The first-order valence-electron chi connectivity index (χ1n) is 5.66. The minimum atomic E-state index is 0.483. The molecule has 1 aliphatic rings. The van der Waals surface area contributed by atoms with Gasteiger partial charge in [-0.1, -0.05) is 0 Å². The van der Waals surface area contributed by atoms with Crippen LogP contribution in [-0.2, 0) is 0 Å². The van der Waals surface area contributed by atoms with Gasteiger partial charge in [-0.15, -0.1) is 5.10 Å². The SMILES string of the molecule is Cc1cc(Sc2nnnn2C2CC2)c(Br)cc1N. The van der Waals surface area contributed by atoms with Crippen molar-refractivity contribution in [3.63, 3.8) is 0 Å². The summed E-state index contributed by atoms with van der Waals surface area (Å²) in [7, 11) is 0. The molecule has 18 heavy (non-hydrogen) atoms. The molecule has 94 valence electrons. The minimum absolute atomic E-state index is 0.483. The fourth-order valence-corrected chi connectivity index (χ4v) is 3.20. The summed E-state index contributed by atoms with van der Waals surface area (Å²) in [6.45, 7) is 2.00. The molecule has 0 aliphatic heterocycles. The summed E-state index contributed by atoms with van der Waals surface area (Å²) in [5.41, 5.74) is 7.71. The van der Waals surface area contributed by atoms with Crippen LogP contribution < -0.4 is 5.73 Å². The third-order valence-electron chi connectivity index (χ3n) is 2.88. The van der Waals surface area contributed by atoms with Gasteiger partial charge in [-0.2, -0.15) is 0 Å². The Morgan fingerprint density at radius 1 is 1.44 bits per heavy atom. The van der Waals surface area contributed by atoms with Crippen LogP contribution in [0, 0.1) is 6.92 Å². The van der Waals surface area contributed by atoms with Crippen LogP contribution in [0.25, 0.3) is 0 Å². The number of halogens is 1. The molecular weight excluding hydrogens is 314 g/mol. The van der Waals surface area contributed by atoms with Gasteiger partial charge in [0.15, 0.2) is 0 Å². The molecule has 0 spiro atoms. The van der Waals surface area contributed by atoms with Crippen molar-refractivity contribution in [2.24, 2.45) is 0 Å². The summed E-state index contributed by atoms with van der Waals surface area (Å²) in [6, 6.07) is 4.45. The van der Waals surface area contributed by atoms with Crippen LogP contribution in [0.15, 0.2) is 26.7 Å². The molecule has 7 heteroatoms. The van der Waals surface area contributed by atoms with E-state index < -0.39 is 0 Å². The Kier molecular flexibility index (Phi) is 3.03. The number of aryl methyl sites for hydroxylation is 1. The Morgan fingerprint density at radius 3 is 2.94 bits per heavy atom. The lowest BCUT2D eigenvalue weighted by Gasteiger charge is -2.07. The molecular formula is C11H12BrN5S. The second-order valence-electron chi connectivity index (χ2n) is 4.38. The molecule has 0 radical (unpaired) electrons. The Hall–Kier alpha value is -1.08. The number of hydrogen-bond donors (Lipinski definition) is 1. The van der Waals surface area contributed by atoms with Crippen LogP contribution in [0.1, 0.15) is 24.4 Å². The fourth-order valence-electron chi connectivity index (χ4n) is 1.65. The van der Waals surface area contributed by atoms with Crippen molar-refractivity contribution in [2.75, 3.05) is 5.73 Å². The van der Waals surface area contributed by atoms with Crippen molar-refractivity contribution in [3.05, 3.63) is 22.2 Å². The molecule has 1 aromatic heterocycles. The predicted octanol–water partition coefficient (Wildman–Crippen LogP) is 2.81. The predicted molar refractivity (Wildman–Crippen MR) is 73.5 cm³/mol. The van der Waals surface area contributed by atoms with E-state index in [9.17, 15) is 0 Å². The maximum atomic E-state index is 5.87. The van der Waals surface area contributed by atoms with Crippen molar-refractivity contribution in [1.29, 1.82) is 0 Å². The topological polar surface area (TPSA) is 69.6 Å². The first-order chi connectivity index (χ1) is 8.65. The summed E-state index contributed by atoms with van der Waals surface area (Å²) in [6.07, 6.45) is 2.33. The third kappa shape index (κ3) is 2.24. The van der Waals surface area contributed by atoms with E-state index >= 15 is 0 Å². The maximum Gasteiger partial charge on any atom is 0.214 e. The zero-order chi connectivity index (χ0) is 12.7. The Balaban J connectivity index is 1.92. The standard InChI is InChI=1S/C11H12BrN5S/c1-6-4-10(8(12)5-9(6)13)18-11-14-15-16-17(11)7-2-3-7/h4-5,7H,2-3,13H2,1H3. The average Bonchev–Trinajstić information content (AvgIpc) is 3.07. The summed E-state index contributed by atoms with van der Waals surface area (Å²) in [5.74, 6) is 0. The number of nitrogens with zero attached hydrogens (tertiary/aromatic N) is 4. The van der Waals surface area contributed by atoms with Crippen molar-refractivity contribution in [3.8, 4) is 0 Å². The van der Waals surface area contributed by atoms with Gasteiger partial charge in [-0.3, -0.25) is 0 Å². The van der Waals surface area contributed by atoms with Crippen molar-refractivity contribution in [2.45, 2.75) is 35.9 Å². The number of anilines is 1. The van der Waals surface area contributed by atoms with Crippen LogP contribution in [0.2, 0.25) is 0 Å². The van der Waals surface area contributed by atoms with Gasteiger partial charge in [0.25, 0.3) is 0 Å². The lowest BCUT2D eigenvalue weighted by molar-refractivity contribution is 0.565. The molecule has 1 saturated carbocycles. The first kappa shape index (κ1) is 12.0. The van der Waals surface area contributed by atoms with Gasteiger partial charge in [0.2, 0.25) is 5.16 Å². The van der Waals surface area contributed by atoms with E-state index in [0.717, 1.165) is 25.8 Å². The third-order valence-corrected chi connectivity index (χ3v) is 4.80. The van der Waals surface area contributed by atoms with Gasteiger partial charge in [0.1, 0.15) is 0 Å². The quantitative estimate of drug-likeness (QED) is 0.879. The summed E-state index contributed by atoms with van der Waals surface area (Å²) >= 11 is 5.09. The average molecular weight is 326 g/mol. The highest BCUT2D eigenvalue weighted by Gasteiger charge is 2.28. The number of nitrogens with two attached hydrogens (primary N) is 1. The van der Waals surface area contributed by atoms with Gasteiger partial charge in [-0.25, -0.2) is 4.68 Å². The Bertz CT molecular complexity index is 593. The summed E-state index contributed by atoms with van der Waals surface area (Å²) < 4.78 is 2.88. The molecule has 3 rings (SSSR count). The van der Waals surface area contributed by atoms with E-state index in [1.165, 1.54) is 12.8 Å². The van der Waals surface area contributed by atoms with Gasteiger partial charge < -0.3 is 5.73 Å². The van der Waals surface area contributed by atoms with Crippen LogP contribution in [0.4, 0.5) is 5.69 Å². The smallest absolute Gasteiger partial charge is 0.214 e. The molecule has 1 aliphatic carbocycles. The van der Waals surface area contributed by atoms with Gasteiger partial charge in [0.05, 0.1) is 6.04 Å².